The van der Waals surface area contributed by atoms with E-state index in [1.165, 1.54) is 0 Å². The second kappa shape index (κ2) is 14.2. The average Bonchev–Trinajstić information content (AvgIpc) is 2.58. The number of ether oxygens (including phenoxy) is 1. The molecule has 0 aliphatic carbocycles. The fourth-order valence-corrected chi connectivity index (χ4v) is 1.53. The number of benzene rings is 2. The Bertz CT molecular complexity index is 606. The zero-order valence-corrected chi connectivity index (χ0v) is 14.9. The zero-order chi connectivity index (χ0) is 18.2. The molecule has 0 saturated carbocycles. The minimum Gasteiger partial charge on any atom is -0.508 e. The minimum absolute atomic E-state index is 0.349. The standard InChI is InChI=1S/2C9H10O.C3H5Cl/c1-8(2)10-9-6-4-3-5-7-9;1-2-5-8-6-3-4-7-9(8)10;1-2-3-4/h3-7H,1H2,2H3;2-4,6-7,10H,1,5H2;2H,1,3H2. The number of halogens is 1. The molecular weight excluding hydrogens is 320 g/mol. The number of hydrogen-bond donors (Lipinski definition) is 1. The highest BCUT2D eigenvalue weighted by Crippen LogP contribution is 2.15. The van der Waals surface area contributed by atoms with Crippen LogP contribution in [0.4, 0.5) is 0 Å². The van der Waals surface area contributed by atoms with E-state index in [1.807, 2.05) is 55.5 Å². The average molecular weight is 345 g/mol. The Morgan fingerprint density at radius 2 is 1.58 bits per heavy atom. The summed E-state index contributed by atoms with van der Waals surface area (Å²) in [6, 6.07) is 16.9. The predicted octanol–water partition coefficient (Wildman–Crippen LogP) is 6.13. The van der Waals surface area contributed by atoms with Gasteiger partial charge in [0.05, 0.1) is 5.76 Å². The quantitative estimate of drug-likeness (QED) is 0.401. The van der Waals surface area contributed by atoms with E-state index in [1.54, 1.807) is 18.2 Å². The Morgan fingerprint density at radius 1 is 1.04 bits per heavy atom. The number of para-hydroxylation sites is 2. The first-order chi connectivity index (χ1) is 11.5. The van der Waals surface area contributed by atoms with Gasteiger partial charge in [0, 0.05) is 5.88 Å². The second-order valence-electron chi connectivity index (χ2n) is 4.68. The van der Waals surface area contributed by atoms with Gasteiger partial charge < -0.3 is 9.84 Å². The topological polar surface area (TPSA) is 29.5 Å². The molecule has 0 unspecified atom stereocenters. The fourth-order valence-electron chi connectivity index (χ4n) is 1.53. The van der Waals surface area contributed by atoms with E-state index >= 15 is 0 Å². The van der Waals surface area contributed by atoms with Crippen LogP contribution in [0.5, 0.6) is 11.5 Å². The molecule has 0 amide bonds. The highest BCUT2D eigenvalue weighted by molar-refractivity contribution is 6.18. The molecule has 0 spiro atoms. The highest BCUT2D eigenvalue weighted by Gasteiger charge is 1.93. The minimum atomic E-state index is 0.349. The lowest BCUT2D eigenvalue weighted by molar-refractivity contribution is 0.430. The van der Waals surface area contributed by atoms with Crippen LogP contribution < -0.4 is 4.74 Å². The molecule has 3 heteroatoms. The smallest absolute Gasteiger partial charge is 0.126 e. The van der Waals surface area contributed by atoms with Crippen molar-refractivity contribution in [2.45, 2.75) is 13.3 Å². The van der Waals surface area contributed by atoms with Crippen molar-refractivity contribution >= 4 is 11.6 Å². The summed E-state index contributed by atoms with van der Waals surface area (Å²) >= 11 is 5.07. The van der Waals surface area contributed by atoms with Gasteiger partial charge in [-0.15, -0.1) is 24.8 Å². The lowest BCUT2D eigenvalue weighted by Crippen LogP contribution is -1.86. The molecule has 0 aliphatic rings. The molecule has 2 nitrogen and oxygen atoms in total. The largest absolute Gasteiger partial charge is 0.508 e. The molecule has 0 saturated heterocycles. The van der Waals surface area contributed by atoms with Crippen molar-refractivity contribution in [3.8, 4) is 11.5 Å². The monoisotopic (exact) mass is 344 g/mol. The van der Waals surface area contributed by atoms with Gasteiger partial charge >= 0.3 is 0 Å². The summed E-state index contributed by atoms with van der Waals surface area (Å²) in [4.78, 5) is 0. The van der Waals surface area contributed by atoms with Crippen LogP contribution in [0.1, 0.15) is 12.5 Å². The van der Waals surface area contributed by atoms with Gasteiger partial charge in [0.2, 0.25) is 0 Å². The molecule has 0 fully saturated rings. The number of aromatic hydroxyl groups is 1. The third-order valence-corrected chi connectivity index (χ3v) is 2.72. The fraction of sp³-hybridized carbons (Fsp3) is 0.143. The first-order valence-electron chi connectivity index (χ1n) is 7.48. The Kier molecular flexibility index (Phi) is 12.7. The highest BCUT2D eigenvalue weighted by atomic mass is 35.5. The molecule has 1 N–H and O–H groups in total. The predicted molar refractivity (Wildman–Crippen MR) is 105 cm³/mol. The molecule has 0 atom stereocenters. The van der Waals surface area contributed by atoms with Crippen LogP contribution in [0.25, 0.3) is 0 Å². The maximum Gasteiger partial charge on any atom is 0.126 e. The zero-order valence-electron chi connectivity index (χ0n) is 14.1. The summed E-state index contributed by atoms with van der Waals surface area (Å²) in [5.74, 6) is 2.46. The van der Waals surface area contributed by atoms with Crippen molar-refractivity contribution in [2.75, 3.05) is 5.88 Å². The van der Waals surface area contributed by atoms with Gasteiger partial charge in [-0.1, -0.05) is 55.1 Å². The van der Waals surface area contributed by atoms with E-state index < -0.39 is 0 Å². The van der Waals surface area contributed by atoms with Crippen molar-refractivity contribution in [1.82, 2.24) is 0 Å². The Balaban J connectivity index is 0.000000363. The number of phenolic OH excluding ortho intramolecular Hbond substituents is 1. The molecule has 0 aromatic heterocycles. The molecule has 128 valence electrons. The molecule has 0 bridgehead atoms. The van der Waals surface area contributed by atoms with Crippen LogP contribution in [-0.4, -0.2) is 11.0 Å². The molecule has 2 aromatic rings. The van der Waals surface area contributed by atoms with Gasteiger partial charge in [-0.2, -0.15) is 0 Å². The van der Waals surface area contributed by atoms with Crippen LogP contribution in [0.3, 0.4) is 0 Å². The molecule has 0 aliphatic heterocycles. The molecule has 24 heavy (non-hydrogen) atoms. The Labute approximate surface area is 150 Å². The summed E-state index contributed by atoms with van der Waals surface area (Å²) < 4.78 is 5.22. The number of phenols is 1. The maximum atomic E-state index is 9.19. The van der Waals surface area contributed by atoms with Crippen LogP contribution in [0, 0.1) is 0 Å². The van der Waals surface area contributed by atoms with Crippen molar-refractivity contribution in [3.63, 3.8) is 0 Å². The van der Waals surface area contributed by atoms with Gasteiger partial charge in [-0.25, -0.2) is 0 Å². The molecule has 0 radical (unpaired) electrons. The van der Waals surface area contributed by atoms with Crippen molar-refractivity contribution in [2.24, 2.45) is 0 Å². The van der Waals surface area contributed by atoms with E-state index in [9.17, 15) is 5.11 Å². The van der Waals surface area contributed by atoms with E-state index in [0.29, 0.717) is 17.4 Å². The number of hydrogen-bond acceptors (Lipinski definition) is 2. The van der Waals surface area contributed by atoms with E-state index in [0.717, 1.165) is 17.7 Å². The maximum absolute atomic E-state index is 9.19. The van der Waals surface area contributed by atoms with Crippen molar-refractivity contribution in [3.05, 3.63) is 97.8 Å². The van der Waals surface area contributed by atoms with E-state index in [-0.39, 0.29) is 0 Å². The third-order valence-electron chi connectivity index (χ3n) is 2.50. The third kappa shape index (κ3) is 11.2. The van der Waals surface area contributed by atoms with Crippen LogP contribution in [0.15, 0.2) is 92.2 Å². The SMILES string of the molecule is C=C(C)Oc1ccccc1.C=CCCl.C=CCc1ccccc1O. The van der Waals surface area contributed by atoms with Crippen LogP contribution in [0.2, 0.25) is 0 Å². The van der Waals surface area contributed by atoms with Crippen molar-refractivity contribution < 1.29 is 9.84 Å². The molecule has 0 heterocycles. The Hall–Kier alpha value is -2.45. The van der Waals surface area contributed by atoms with Gasteiger partial charge in [-0.3, -0.25) is 0 Å². The van der Waals surface area contributed by atoms with Crippen molar-refractivity contribution in [1.29, 1.82) is 0 Å². The van der Waals surface area contributed by atoms with Gasteiger partial charge in [-0.05, 0) is 37.1 Å². The van der Waals surface area contributed by atoms with E-state index in [4.69, 9.17) is 16.3 Å². The van der Waals surface area contributed by atoms with Gasteiger partial charge in [0.25, 0.3) is 0 Å². The van der Waals surface area contributed by atoms with Crippen LogP contribution >= 0.6 is 11.6 Å². The summed E-state index contributed by atoms with van der Waals surface area (Å²) in [7, 11) is 0. The lowest BCUT2D eigenvalue weighted by atomic mass is 10.1. The normalized spacial score (nSPS) is 8.58. The van der Waals surface area contributed by atoms with Crippen LogP contribution in [-0.2, 0) is 6.42 Å². The number of allylic oxidation sites excluding steroid dienone is 3. The summed E-state index contributed by atoms with van der Waals surface area (Å²) in [6.45, 7) is 12.4. The summed E-state index contributed by atoms with van der Waals surface area (Å²) in [6.07, 6.45) is 4.14. The Morgan fingerprint density at radius 3 is 2.04 bits per heavy atom. The van der Waals surface area contributed by atoms with Gasteiger partial charge in [0.1, 0.15) is 11.5 Å². The number of rotatable bonds is 5. The summed E-state index contributed by atoms with van der Waals surface area (Å²) in [5.41, 5.74) is 0.928. The van der Waals surface area contributed by atoms with E-state index in [2.05, 4.69) is 19.7 Å². The molecular formula is C21H25ClO2. The molecule has 2 rings (SSSR count). The first-order valence-corrected chi connectivity index (χ1v) is 8.01. The number of alkyl halides is 1. The van der Waals surface area contributed by atoms with Gasteiger partial charge in [0.15, 0.2) is 0 Å². The lowest BCUT2D eigenvalue weighted by Gasteiger charge is -2.01. The second-order valence-corrected chi connectivity index (χ2v) is 4.99. The molecule has 2 aromatic carbocycles. The summed E-state index contributed by atoms with van der Waals surface area (Å²) in [5, 5.41) is 9.19. The first kappa shape index (κ1) is 21.6.